The number of piperidine rings is 1. The fourth-order valence-electron chi connectivity index (χ4n) is 5.28. The van der Waals surface area contributed by atoms with Crippen LogP contribution in [0.4, 0.5) is 0 Å². The zero-order chi connectivity index (χ0) is 28.3. The first-order valence-electron chi connectivity index (χ1n) is 13.2. The number of benzene rings is 2. The molecule has 2 heterocycles. The van der Waals surface area contributed by atoms with Crippen LogP contribution in [0.1, 0.15) is 40.6 Å². The van der Waals surface area contributed by atoms with Crippen LogP contribution < -0.4 is 20.7 Å². The van der Waals surface area contributed by atoms with Gasteiger partial charge in [-0.05, 0) is 60.7 Å². The molecule has 3 amide bonds. The lowest BCUT2D eigenvalue weighted by atomic mass is 10.0. The average Bonchev–Trinajstić information content (AvgIpc) is 3.27. The van der Waals surface area contributed by atoms with E-state index in [1.54, 1.807) is 47.5 Å². The highest BCUT2D eigenvalue weighted by molar-refractivity contribution is 7.10. The van der Waals surface area contributed by atoms with Gasteiger partial charge in [-0.1, -0.05) is 25.1 Å². The van der Waals surface area contributed by atoms with E-state index in [1.165, 1.54) is 0 Å². The molecule has 1 saturated carbocycles. The number of amides is 3. The fourth-order valence-corrected chi connectivity index (χ4v) is 6.09. The zero-order valence-corrected chi connectivity index (χ0v) is 23.6. The Hall–Kier alpha value is -4.18. The van der Waals surface area contributed by atoms with Crippen molar-refractivity contribution < 1.29 is 19.1 Å². The molecule has 2 fully saturated rings. The lowest BCUT2D eigenvalue weighted by Gasteiger charge is -2.27. The van der Waals surface area contributed by atoms with Crippen LogP contribution in [0.3, 0.4) is 0 Å². The van der Waals surface area contributed by atoms with Gasteiger partial charge in [-0.25, -0.2) is 0 Å². The molecule has 0 spiro atoms. The van der Waals surface area contributed by atoms with Crippen molar-refractivity contribution in [2.45, 2.75) is 38.4 Å². The van der Waals surface area contributed by atoms with Crippen molar-refractivity contribution in [2.75, 3.05) is 20.6 Å². The molecule has 0 radical (unpaired) electrons. The second-order valence-corrected chi connectivity index (χ2v) is 11.4. The minimum Gasteiger partial charge on any atom is -0.457 e. The maximum Gasteiger partial charge on any atom is 0.251 e. The quantitative estimate of drug-likeness (QED) is 0.274. The summed E-state index contributed by atoms with van der Waals surface area (Å²) in [6, 6.07) is 17.6. The van der Waals surface area contributed by atoms with Crippen LogP contribution >= 0.6 is 11.3 Å². The van der Waals surface area contributed by atoms with Crippen LogP contribution in [0.25, 0.3) is 0 Å². The van der Waals surface area contributed by atoms with Crippen molar-refractivity contribution in [1.29, 1.82) is 0 Å². The molecule has 3 N–H and O–H groups in total. The average molecular weight is 560 g/mol. The molecule has 0 bridgehead atoms. The first kappa shape index (κ1) is 27.4. The Kier molecular flexibility index (Phi) is 7.88. The number of carbonyl (C=O) groups is 3. The van der Waals surface area contributed by atoms with Gasteiger partial charge in [-0.3, -0.25) is 19.4 Å². The van der Waals surface area contributed by atoms with E-state index in [0.29, 0.717) is 30.0 Å². The van der Waals surface area contributed by atoms with Crippen molar-refractivity contribution in [1.82, 2.24) is 20.9 Å². The molecule has 1 aromatic heterocycles. The summed E-state index contributed by atoms with van der Waals surface area (Å²) in [4.78, 5) is 46.1. The molecule has 208 valence electrons. The van der Waals surface area contributed by atoms with Crippen molar-refractivity contribution in [3.8, 4) is 11.5 Å². The second-order valence-electron chi connectivity index (χ2n) is 10.4. The van der Waals surface area contributed by atoms with Gasteiger partial charge in [0.15, 0.2) is 0 Å². The molecule has 40 heavy (non-hydrogen) atoms. The third-order valence-corrected chi connectivity index (χ3v) is 8.48. The summed E-state index contributed by atoms with van der Waals surface area (Å²) in [6.45, 7) is 2.32. The number of thiophene rings is 1. The molecule has 2 aromatic carbocycles. The number of rotatable bonds is 9. The van der Waals surface area contributed by atoms with E-state index >= 15 is 0 Å². The fraction of sp³-hybridized carbons (Fsp3) is 0.333. The molecule has 1 saturated heterocycles. The number of amidine groups is 1. The SMILES string of the molecule is CN=C(NC)c1csc(CNC(=O)[C@@H]2C[C@]3(C)C[C@@H]3N2C(=O)CNC(=O)c2ccc(Oc3ccccc3)cc2)c1. The highest BCUT2D eigenvalue weighted by Crippen LogP contribution is 2.59. The summed E-state index contributed by atoms with van der Waals surface area (Å²) in [5, 5.41) is 10.8. The molecule has 9 nitrogen and oxygen atoms in total. The van der Waals surface area contributed by atoms with Crippen LogP contribution in [0.5, 0.6) is 11.5 Å². The number of para-hydroxylation sites is 1. The van der Waals surface area contributed by atoms with Gasteiger partial charge in [0.2, 0.25) is 11.8 Å². The van der Waals surface area contributed by atoms with E-state index in [0.717, 1.165) is 22.7 Å². The van der Waals surface area contributed by atoms with Crippen molar-refractivity contribution in [3.05, 3.63) is 82.0 Å². The molecule has 5 rings (SSSR count). The Morgan fingerprint density at radius 1 is 1.02 bits per heavy atom. The van der Waals surface area contributed by atoms with Crippen molar-refractivity contribution >= 4 is 34.9 Å². The highest BCUT2D eigenvalue weighted by Gasteiger charge is 2.64. The molecule has 0 unspecified atom stereocenters. The predicted molar refractivity (Wildman–Crippen MR) is 155 cm³/mol. The molecular formula is C30H33N5O4S. The van der Waals surface area contributed by atoms with Gasteiger partial charge in [-0.2, -0.15) is 0 Å². The van der Waals surface area contributed by atoms with Crippen LogP contribution in [0, 0.1) is 5.41 Å². The summed E-state index contributed by atoms with van der Waals surface area (Å²) < 4.78 is 5.77. The van der Waals surface area contributed by atoms with Gasteiger partial charge in [0.1, 0.15) is 23.4 Å². The lowest BCUT2D eigenvalue weighted by molar-refractivity contribution is -0.139. The van der Waals surface area contributed by atoms with Crippen LogP contribution in [-0.4, -0.2) is 61.2 Å². The molecule has 3 atom stereocenters. The number of hydrogen-bond donors (Lipinski definition) is 3. The summed E-state index contributed by atoms with van der Waals surface area (Å²) in [5.74, 6) is 1.32. The number of aliphatic imine (C=N–C) groups is 1. The van der Waals surface area contributed by atoms with Gasteiger partial charge < -0.3 is 25.6 Å². The predicted octanol–water partition coefficient (Wildman–Crippen LogP) is 3.56. The lowest BCUT2D eigenvalue weighted by Crippen LogP contribution is -2.50. The van der Waals surface area contributed by atoms with E-state index in [1.807, 2.05) is 48.8 Å². The van der Waals surface area contributed by atoms with Gasteiger partial charge in [0.05, 0.1) is 13.1 Å². The standard InChI is InChI=1S/C30H33N5O4S/c1-30-14-24(29(38)33-16-23-13-20(18-40-23)27(31-2)32-3)35(25(30)15-30)26(36)17-34-28(37)19-9-11-22(12-10-19)39-21-7-5-4-6-8-21/h4-13,18,24-25H,14-17H2,1-3H3,(H,31,32)(H,33,38)(H,34,37)/t24-,25-,30+/m0/s1. The summed E-state index contributed by atoms with van der Waals surface area (Å²) in [5.41, 5.74) is 1.34. The Morgan fingerprint density at radius 2 is 1.75 bits per heavy atom. The zero-order valence-electron chi connectivity index (χ0n) is 22.8. The molecule has 1 aliphatic heterocycles. The number of nitrogens with zero attached hydrogens (tertiary/aromatic N) is 2. The highest BCUT2D eigenvalue weighted by atomic mass is 32.1. The third-order valence-electron chi connectivity index (χ3n) is 7.55. The third kappa shape index (κ3) is 5.86. The Labute approximate surface area is 237 Å². The minimum absolute atomic E-state index is 0.0226. The van der Waals surface area contributed by atoms with Crippen molar-refractivity contribution in [3.63, 3.8) is 0 Å². The number of ether oxygens (including phenoxy) is 1. The van der Waals surface area contributed by atoms with Crippen molar-refractivity contribution in [2.24, 2.45) is 10.4 Å². The molecule has 1 aliphatic carbocycles. The van der Waals surface area contributed by atoms with E-state index in [4.69, 9.17) is 4.74 Å². The minimum atomic E-state index is -0.549. The number of carbonyl (C=O) groups excluding carboxylic acids is 3. The van der Waals surface area contributed by atoms with Crippen LogP contribution in [-0.2, 0) is 16.1 Å². The van der Waals surface area contributed by atoms with E-state index < -0.39 is 6.04 Å². The monoisotopic (exact) mass is 559 g/mol. The van der Waals surface area contributed by atoms with E-state index in [-0.39, 0.29) is 35.7 Å². The summed E-state index contributed by atoms with van der Waals surface area (Å²) in [6.07, 6.45) is 1.49. The molecule has 2 aliphatic rings. The Bertz CT molecular complexity index is 1420. The van der Waals surface area contributed by atoms with E-state index in [9.17, 15) is 14.4 Å². The summed E-state index contributed by atoms with van der Waals surface area (Å²) in [7, 11) is 3.54. The Morgan fingerprint density at radius 3 is 2.45 bits per heavy atom. The van der Waals surface area contributed by atoms with E-state index in [2.05, 4.69) is 27.9 Å². The van der Waals surface area contributed by atoms with Gasteiger partial charge in [-0.15, -0.1) is 11.3 Å². The number of fused-ring (bicyclic) bond motifs is 1. The number of nitrogens with one attached hydrogen (secondary N) is 3. The smallest absolute Gasteiger partial charge is 0.251 e. The van der Waals surface area contributed by atoms with Crippen LogP contribution in [0.15, 0.2) is 71.0 Å². The van der Waals surface area contributed by atoms with Crippen LogP contribution in [0.2, 0.25) is 0 Å². The maximum absolute atomic E-state index is 13.2. The van der Waals surface area contributed by atoms with Gasteiger partial charge in [0, 0.05) is 41.5 Å². The number of likely N-dealkylation sites (tertiary alicyclic amines) is 1. The molecule has 3 aromatic rings. The Balaban J connectivity index is 1.15. The first-order valence-corrected chi connectivity index (χ1v) is 14.1. The summed E-state index contributed by atoms with van der Waals surface area (Å²) >= 11 is 1.55. The molecule has 10 heteroatoms. The largest absolute Gasteiger partial charge is 0.457 e. The number of hydrogen-bond acceptors (Lipinski definition) is 6. The molecular weight excluding hydrogens is 526 g/mol. The normalized spacial score (nSPS) is 21.4. The van der Waals surface area contributed by atoms with Gasteiger partial charge in [0.25, 0.3) is 5.91 Å². The van der Waals surface area contributed by atoms with Gasteiger partial charge >= 0.3 is 0 Å². The first-order chi connectivity index (χ1) is 19.3. The maximum atomic E-state index is 13.2. The topological polar surface area (TPSA) is 112 Å². The second kappa shape index (κ2) is 11.5.